The second kappa shape index (κ2) is 5.86. The quantitative estimate of drug-likeness (QED) is 0.780. The molecule has 0 N–H and O–H groups in total. The Morgan fingerprint density at radius 3 is 2.47 bits per heavy atom. The highest BCUT2D eigenvalue weighted by Crippen LogP contribution is 2.15. The molecule has 0 saturated heterocycles. The lowest BCUT2D eigenvalue weighted by Gasteiger charge is -2.16. The number of nitrogens with zero attached hydrogens (tertiary/aromatic N) is 2. The van der Waals surface area contributed by atoms with Crippen molar-refractivity contribution in [2.45, 2.75) is 41.3 Å². The van der Waals surface area contributed by atoms with E-state index in [4.69, 9.17) is 9.47 Å². The first-order valence-electron chi connectivity index (χ1n) is 6.14. The van der Waals surface area contributed by atoms with Crippen LogP contribution >= 0.6 is 0 Å². The topological polar surface area (TPSA) is 70.4 Å². The zero-order valence-corrected chi connectivity index (χ0v) is 12.0. The van der Waals surface area contributed by atoms with E-state index >= 15 is 0 Å². The Balaban J connectivity index is 2.70. The van der Waals surface area contributed by atoms with Crippen molar-refractivity contribution >= 4 is 11.9 Å². The molecule has 6 heteroatoms. The van der Waals surface area contributed by atoms with Crippen LogP contribution in [0.5, 0.6) is 0 Å². The third-order valence-electron chi connectivity index (χ3n) is 2.40. The van der Waals surface area contributed by atoms with Gasteiger partial charge in [-0.1, -0.05) is 0 Å². The van der Waals surface area contributed by atoms with Crippen molar-refractivity contribution in [3.05, 3.63) is 17.5 Å². The van der Waals surface area contributed by atoms with Gasteiger partial charge in [0.05, 0.1) is 12.0 Å². The predicted molar refractivity (Wildman–Crippen MR) is 68.5 cm³/mol. The second-order valence-electron chi connectivity index (χ2n) is 5.20. The van der Waals surface area contributed by atoms with Crippen molar-refractivity contribution < 1.29 is 19.1 Å². The summed E-state index contributed by atoms with van der Waals surface area (Å²) < 4.78 is 11.4. The highest BCUT2D eigenvalue weighted by Gasteiger charge is 2.23. The molecule has 0 unspecified atom stereocenters. The maximum Gasteiger partial charge on any atom is 0.358 e. The van der Waals surface area contributed by atoms with Gasteiger partial charge in [-0.05, 0) is 40.7 Å². The SMILES string of the molecule is CCOC(=O)c1cc(C)n(COC(=O)C(C)(C)C)n1. The summed E-state index contributed by atoms with van der Waals surface area (Å²) in [5, 5.41) is 4.05. The van der Waals surface area contributed by atoms with Gasteiger partial charge in [-0.15, -0.1) is 0 Å². The first-order valence-corrected chi connectivity index (χ1v) is 6.14. The summed E-state index contributed by atoms with van der Waals surface area (Å²) in [4.78, 5) is 23.1. The average molecular weight is 268 g/mol. The lowest BCUT2D eigenvalue weighted by Crippen LogP contribution is -2.24. The molecule has 1 heterocycles. The van der Waals surface area contributed by atoms with Crippen molar-refractivity contribution in [3.63, 3.8) is 0 Å². The number of carbonyl (C=O) groups is 2. The van der Waals surface area contributed by atoms with E-state index in [1.54, 1.807) is 40.7 Å². The number of carbonyl (C=O) groups excluding carboxylic acids is 2. The minimum absolute atomic E-state index is 0.0126. The molecule has 0 atom stereocenters. The van der Waals surface area contributed by atoms with Crippen molar-refractivity contribution in [1.29, 1.82) is 0 Å². The van der Waals surface area contributed by atoms with Crippen molar-refractivity contribution in [3.8, 4) is 0 Å². The lowest BCUT2D eigenvalue weighted by molar-refractivity contribution is -0.157. The van der Waals surface area contributed by atoms with Crippen LogP contribution in [0, 0.1) is 12.3 Å². The number of aryl methyl sites for hydroxylation is 1. The fraction of sp³-hybridized carbons (Fsp3) is 0.615. The molecule has 1 aromatic heterocycles. The van der Waals surface area contributed by atoms with Gasteiger partial charge in [0, 0.05) is 5.69 Å². The molecule has 0 aliphatic heterocycles. The maximum atomic E-state index is 11.6. The highest BCUT2D eigenvalue weighted by molar-refractivity contribution is 5.87. The van der Waals surface area contributed by atoms with E-state index in [0.717, 1.165) is 5.69 Å². The number of hydrogen-bond donors (Lipinski definition) is 0. The summed E-state index contributed by atoms with van der Waals surface area (Å²) in [6, 6.07) is 1.60. The van der Waals surface area contributed by atoms with Crippen LogP contribution in [0.15, 0.2) is 6.07 Å². The summed E-state index contributed by atoms with van der Waals surface area (Å²) in [5.41, 5.74) is 0.376. The summed E-state index contributed by atoms with van der Waals surface area (Å²) >= 11 is 0. The normalized spacial score (nSPS) is 11.2. The van der Waals surface area contributed by atoms with E-state index in [2.05, 4.69) is 5.10 Å². The van der Waals surface area contributed by atoms with E-state index in [-0.39, 0.29) is 18.4 Å². The minimum atomic E-state index is -0.564. The zero-order chi connectivity index (χ0) is 14.6. The Bertz CT molecular complexity index is 471. The average Bonchev–Trinajstić information content (AvgIpc) is 2.67. The zero-order valence-electron chi connectivity index (χ0n) is 12.0. The molecular formula is C13H20N2O4. The second-order valence-corrected chi connectivity index (χ2v) is 5.20. The van der Waals surface area contributed by atoms with Crippen molar-refractivity contribution in [1.82, 2.24) is 9.78 Å². The van der Waals surface area contributed by atoms with Gasteiger partial charge >= 0.3 is 11.9 Å². The summed E-state index contributed by atoms with van der Waals surface area (Å²) in [5.74, 6) is -0.799. The molecule has 106 valence electrons. The fourth-order valence-corrected chi connectivity index (χ4v) is 1.28. The number of rotatable bonds is 4. The van der Waals surface area contributed by atoms with Gasteiger partial charge in [0.15, 0.2) is 12.4 Å². The highest BCUT2D eigenvalue weighted by atomic mass is 16.5. The third-order valence-corrected chi connectivity index (χ3v) is 2.40. The monoisotopic (exact) mass is 268 g/mol. The van der Waals surface area contributed by atoms with E-state index in [9.17, 15) is 9.59 Å². The molecule has 0 amide bonds. The Hall–Kier alpha value is -1.85. The molecule has 0 radical (unpaired) electrons. The van der Waals surface area contributed by atoms with E-state index in [1.807, 2.05) is 0 Å². The fourth-order valence-electron chi connectivity index (χ4n) is 1.28. The molecule has 6 nitrogen and oxygen atoms in total. The largest absolute Gasteiger partial charge is 0.461 e. The Morgan fingerprint density at radius 1 is 1.32 bits per heavy atom. The van der Waals surface area contributed by atoms with Gasteiger partial charge in [-0.25, -0.2) is 9.48 Å². The smallest absolute Gasteiger partial charge is 0.358 e. The molecule has 0 saturated carbocycles. The predicted octanol–water partition coefficient (Wildman–Crippen LogP) is 1.92. The van der Waals surface area contributed by atoms with Crippen LogP contribution in [0.2, 0.25) is 0 Å². The van der Waals surface area contributed by atoms with Gasteiger partial charge < -0.3 is 9.47 Å². The minimum Gasteiger partial charge on any atom is -0.461 e. The van der Waals surface area contributed by atoms with E-state index in [0.29, 0.717) is 6.61 Å². The van der Waals surface area contributed by atoms with Gasteiger partial charge in [0.1, 0.15) is 0 Å². The summed E-state index contributed by atoms with van der Waals surface area (Å²) in [6.07, 6.45) is 0. The standard InChI is InChI=1S/C13H20N2O4/c1-6-18-11(16)10-7-9(2)15(14-10)8-19-12(17)13(3,4)5/h7H,6,8H2,1-5H3. The van der Waals surface area contributed by atoms with Crippen LogP contribution in [0.25, 0.3) is 0 Å². The molecule has 0 aliphatic carbocycles. The van der Waals surface area contributed by atoms with Crippen LogP contribution in [-0.4, -0.2) is 28.3 Å². The van der Waals surface area contributed by atoms with Gasteiger partial charge in [-0.3, -0.25) is 4.79 Å². The van der Waals surface area contributed by atoms with E-state index < -0.39 is 11.4 Å². The van der Waals surface area contributed by atoms with Gasteiger partial charge in [0.2, 0.25) is 0 Å². The first-order chi connectivity index (χ1) is 8.75. The Labute approximate surface area is 112 Å². The van der Waals surface area contributed by atoms with Crippen LogP contribution in [0.1, 0.15) is 43.9 Å². The maximum absolute atomic E-state index is 11.6. The molecular weight excluding hydrogens is 248 g/mol. The molecule has 0 bridgehead atoms. The van der Waals surface area contributed by atoms with Crippen molar-refractivity contribution in [2.75, 3.05) is 6.61 Å². The molecule has 0 aliphatic rings. The van der Waals surface area contributed by atoms with Crippen LogP contribution in [-0.2, 0) is 21.0 Å². The molecule has 0 aromatic carbocycles. The molecule has 1 aromatic rings. The number of ether oxygens (including phenoxy) is 2. The third kappa shape index (κ3) is 4.08. The van der Waals surface area contributed by atoms with Crippen molar-refractivity contribution in [2.24, 2.45) is 5.41 Å². The lowest BCUT2D eigenvalue weighted by atomic mass is 9.98. The summed E-state index contributed by atoms with van der Waals surface area (Å²) in [7, 11) is 0. The molecule has 0 fully saturated rings. The molecule has 1 rings (SSSR count). The van der Waals surface area contributed by atoms with Gasteiger partial charge in [-0.2, -0.15) is 5.10 Å². The summed E-state index contributed by atoms with van der Waals surface area (Å²) in [6.45, 7) is 9.11. The van der Waals surface area contributed by atoms with Crippen LogP contribution in [0.3, 0.4) is 0 Å². The number of esters is 2. The Morgan fingerprint density at radius 2 is 1.95 bits per heavy atom. The van der Waals surface area contributed by atoms with Crippen LogP contribution in [0.4, 0.5) is 0 Å². The Kier molecular flexibility index (Phi) is 4.69. The first kappa shape index (κ1) is 15.2. The molecule has 19 heavy (non-hydrogen) atoms. The number of hydrogen-bond acceptors (Lipinski definition) is 5. The van der Waals surface area contributed by atoms with E-state index in [1.165, 1.54) is 4.68 Å². The van der Waals surface area contributed by atoms with Gasteiger partial charge in [0.25, 0.3) is 0 Å². The number of aromatic nitrogens is 2. The van der Waals surface area contributed by atoms with Crippen LogP contribution < -0.4 is 0 Å². The molecule has 0 spiro atoms.